The van der Waals surface area contributed by atoms with Crippen molar-refractivity contribution in [2.24, 2.45) is 0 Å². The van der Waals surface area contributed by atoms with Gasteiger partial charge in [0.05, 0.1) is 0 Å². The van der Waals surface area contributed by atoms with Crippen molar-refractivity contribution in [1.29, 1.82) is 0 Å². The van der Waals surface area contributed by atoms with Gasteiger partial charge in [0.15, 0.2) is 0 Å². The van der Waals surface area contributed by atoms with Crippen LogP contribution in [0.1, 0.15) is 102 Å². The van der Waals surface area contributed by atoms with Gasteiger partial charge in [0.25, 0.3) is 0 Å². The standard InChI is InChI=1S/C22H39O4P.Li/c1-3-5-7-9-11-13-16-20-17-15-19-22(26-27(23,24)25)21(20)18-14-12-10-8-6-4-2;/h15,17,19H,3-14,16,18H2,1-2H3,(H2,23,24,25);/q;+1/p-2. The van der Waals surface area contributed by atoms with Crippen LogP contribution in [0, 0.1) is 0 Å². The maximum Gasteiger partial charge on any atom is 1.00 e. The molecule has 28 heavy (non-hydrogen) atoms. The van der Waals surface area contributed by atoms with Crippen molar-refractivity contribution in [3.8, 4) is 5.75 Å². The fourth-order valence-corrected chi connectivity index (χ4v) is 3.92. The summed E-state index contributed by atoms with van der Waals surface area (Å²) in [4.78, 5) is 22.2. The van der Waals surface area contributed by atoms with Gasteiger partial charge in [-0.2, -0.15) is 0 Å². The van der Waals surface area contributed by atoms with E-state index in [0.29, 0.717) is 0 Å². The Morgan fingerprint density at radius 1 is 0.786 bits per heavy atom. The molecule has 0 fully saturated rings. The molecule has 156 valence electrons. The van der Waals surface area contributed by atoms with Crippen LogP contribution >= 0.6 is 7.82 Å². The number of phosphoric ester groups is 1. The largest absolute Gasteiger partial charge is 1.00 e. The first kappa shape index (κ1) is 27.8. The van der Waals surface area contributed by atoms with Crippen LogP contribution in [-0.4, -0.2) is 0 Å². The molecule has 0 spiro atoms. The van der Waals surface area contributed by atoms with E-state index in [9.17, 15) is 14.4 Å². The van der Waals surface area contributed by atoms with Gasteiger partial charge < -0.3 is 18.9 Å². The molecule has 0 aromatic heterocycles. The number of hydrogen-bond acceptors (Lipinski definition) is 4. The predicted molar refractivity (Wildman–Crippen MR) is 109 cm³/mol. The molecular weight excluding hydrogens is 366 g/mol. The Bertz CT molecular complexity index is 559. The van der Waals surface area contributed by atoms with Crippen molar-refractivity contribution in [2.75, 3.05) is 0 Å². The molecule has 0 bridgehead atoms. The summed E-state index contributed by atoms with van der Waals surface area (Å²) in [5.41, 5.74) is 2.04. The summed E-state index contributed by atoms with van der Waals surface area (Å²) < 4.78 is 15.9. The summed E-state index contributed by atoms with van der Waals surface area (Å²) in [6.07, 6.45) is 16.1. The molecular formula is C22H37LiO4P-. The number of rotatable bonds is 16. The summed E-state index contributed by atoms with van der Waals surface area (Å²) in [7, 11) is -5.03. The van der Waals surface area contributed by atoms with Gasteiger partial charge in [0.1, 0.15) is 13.6 Å². The van der Waals surface area contributed by atoms with Crippen LogP contribution < -0.4 is 33.2 Å². The summed E-state index contributed by atoms with van der Waals surface area (Å²) in [6, 6.07) is 5.45. The molecule has 0 aliphatic rings. The third-order valence-electron chi connectivity index (χ3n) is 5.02. The predicted octanol–water partition coefficient (Wildman–Crippen LogP) is 2.70. The molecule has 0 heterocycles. The van der Waals surface area contributed by atoms with E-state index in [-0.39, 0.29) is 24.6 Å². The van der Waals surface area contributed by atoms with Crippen molar-refractivity contribution in [3.63, 3.8) is 0 Å². The number of hydrogen-bond donors (Lipinski definition) is 0. The molecule has 0 N–H and O–H groups in total. The molecule has 4 nitrogen and oxygen atoms in total. The second-order valence-corrected chi connectivity index (χ2v) is 8.54. The van der Waals surface area contributed by atoms with Crippen molar-refractivity contribution in [1.82, 2.24) is 0 Å². The minimum Gasteiger partial charge on any atom is -0.780 e. The van der Waals surface area contributed by atoms with Gasteiger partial charge in [-0.15, -0.1) is 0 Å². The molecule has 0 unspecified atom stereocenters. The van der Waals surface area contributed by atoms with E-state index >= 15 is 0 Å². The minimum atomic E-state index is -5.03. The number of aryl methyl sites for hydroxylation is 1. The molecule has 0 aliphatic carbocycles. The monoisotopic (exact) mass is 403 g/mol. The second-order valence-electron chi connectivity index (χ2n) is 7.47. The molecule has 0 aliphatic heterocycles. The van der Waals surface area contributed by atoms with Crippen LogP contribution in [0.25, 0.3) is 0 Å². The van der Waals surface area contributed by atoms with Crippen molar-refractivity contribution in [2.45, 2.75) is 104 Å². The summed E-state index contributed by atoms with van der Waals surface area (Å²) in [5.74, 6) is 0.236. The van der Waals surface area contributed by atoms with E-state index in [0.717, 1.165) is 43.2 Å². The van der Waals surface area contributed by atoms with Crippen LogP contribution in [0.2, 0.25) is 0 Å². The summed E-state index contributed by atoms with van der Waals surface area (Å²) >= 11 is 0. The Morgan fingerprint density at radius 2 is 1.29 bits per heavy atom. The van der Waals surface area contributed by atoms with Crippen LogP contribution in [0.3, 0.4) is 0 Å². The van der Waals surface area contributed by atoms with Crippen molar-refractivity contribution < 1.29 is 37.7 Å². The topological polar surface area (TPSA) is 72.4 Å². The maximum absolute atomic E-state index is 11.1. The van der Waals surface area contributed by atoms with Gasteiger partial charge in [0, 0.05) is 0 Å². The first-order chi connectivity index (χ1) is 13.0. The Kier molecular flexibility index (Phi) is 16.4. The molecule has 6 heteroatoms. The van der Waals surface area contributed by atoms with Crippen LogP contribution in [-0.2, 0) is 17.4 Å². The Labute approximate surface area is 184 Å². The number of unbranched alkanes of at least 4 members (excludes halogenated alkanes) is 10. The third-order valence-corrected chi connectivity index (χ3v) is 5.44. The van der Waals surface area contributed by atoms with E-state index in [4.69, 9.17) is 4.52 Å². The van der Waals surface area contributed by atoms with E-state index in [1.54, 1.807) is 12.1 Å². The van der Waals surface area contributed by atoms with Crippen LogP contribution in [0.15, 0.2) is 18.2 Å². The molecule has 1 rings (SSSR count). The molecule has 1 aromatic carbocycles. The van der Waals surface area contributed by atoms with Gasteiger partial charge in [-0.3, -0.25) is 0 Å². The zero-order chi connectivity index (χ0) is 20.0. The normalized spacial score (nSPS) is 11.3. The van der Waals surface area contributed by atoms with E-state index < -0.39 is 7.82 Å². The number of phosphoric acid groups is 1. The average Bonchev–Trinajstić information content (AvgIpc) is 2.61. The number of benzene rings is 1. The molecule has 0 amide bonds. The fraction of sp³-hybridized carbons (Fsp3) is 0.727. The molecule has 0 saturated heterocycles. The minimum absolute atomic E-state index is 0. The average molecular weight is 403 g/mol. The molecule has 0 saturated carbocycles. The van der Waals surface area contributed by atoms with E-state index in [2.05, 4.69) is 13.8 Å². The van der Waals surface area contributed by atoms with E-state index in [1.807, 2.05) is 6.07 Å². The third kappa shape index (κ3) is 13.1. The van der Waals surface area contributed by atoms with Crippen molar-refractivity contribution >= 4 is 7.82 Å². The van der Waals surface area contributed by atoms with Gasteiger partial charge in [0.2, 0.25) is 0 Å². The molecule has 0 atom stereocenters. The smallest absolute Gasteiger partial charge is 0.780 e. The molecule has 1 aromatic rings. The zero-order valence-corrected chi connectivity index (χ0v) is 19.1. The van der Waals surface area contributed by atoms with Gasteiger partial charge in [-0.05, 0) is 42.9 Å². The first-order valence-electron chi connectivity index (χ1n) is 10.8. The first-order valence-corrected chi connectivity index (χ1v) is 12.3. The quantitative estimate of drug-likeness (QED) is 0.242. The summed E-state index contributed by atoms with van der Waals surface area (Å²) in [5, 5.41) is 0. The zero-order valence-electron chi connectivity index (χ0n) is 18.2. The second kappa shape index (κ2) is 16.6. The van der Waals surface area contributed by atoms with Crippen LogP contribution in [0.5, 0.6) is 5.75 Å². The van der Waals surface area contributed by atoms with Gasteiger partial charge in [-0.25, -0.2) is 0 Å². The Morgan fingerprint density at radius 3 is 1.82 bits per heavy atom. The Balaban J connectivity index is 0.00000729. The fourth-order valence-electron chi connectivity index (χ4n) is 3.51. The van der Waals surface area contributed by atoms with Crippen LogP contribution in [0.4, 0.5) is 0 Å². The summed E-state index contributed by atoms with van der Waals surface area (Å²) in [6.45, 7) is 4.41. The maximum atomic E-state index is 11.1. The van der Waals surface area contributed by atoms with Gasteiger partial charge in [-0.1, -0.05) is 90.2 Å². The van der Waals surface area contributed by atoms with Gasteiger partial charge >= 0.3 is 18.9 Å². The molecule has 0 radical (unpaired) electrons. The Hall–Kier alpha value is -0.233. The SMILES string of the molecule is CCCCCCCCc1cccc(OP(=O)([O-])[O-])c1CCCCCCCC.[Li+]. The van der Waals surface area contributed by atoms with E-state index in [1.165, 1.54) is 57.8 Å². The van der Waals surface area contributed by atoms with Crippen molar-refractivity contribution in [3.05, 3.63) is 29.3 Å².